The number of aryl methyl sites for hydroxylation is 1. The Bertz CT molecular complexity index is 486. The van der Waals surface area contributed by atoms with Crippen molar-refractivity contribution in [1.82, 2.24) is 20.2 Å². The third-order valence-corrected chi connectivity index (χ3v) is 2.85. The predicted molar refractivity (Wildman–Crippen MR) is 70.6 cm³/mol. The first-order valence-corrected chi connectivity index (χ1v) is 6.30. The molecule has 0 atom stereocenters. The maximum atomic E-state index is 5.46. The second-order valence-electron chi connectivity index (χ2n) is 4.63. The molecule has 1 aromatic heterocycles. The molecule has 0 fully saturated rings. The summed E-state index contributed by atoms with van der Waals surface area (Å²) in [5.41, 5.74) is 7.70. The predicted octanol–water partition coefficient (Wildman–Crippen LogP) is 1.68. The van der Waals surface area contributed by atoms with Crippen molar-refractivity contribution in [3.63, 3.8) is 0 Å². The van der Waals surface area contributed by atoms with Crippen LogP contribution in [0.2, 0.25) is 0 Å². The summed E-state index contributed by atoms with van der Waals surface area (Å²) in [7, 11) is 0. The first-order valence-electron chi connectivity index (χ1n) is 6.30. The smallest absolute Gasteiger partial charge is 0.175 e. The van der Waals surface area contributed by atoms with Crippen LogP contribution in [0.1, 0.15) is 37.6 Å². The Morgan fingerprint density at radius 3 is 2.56 bits per heavy atom. The summed E-state index contributed by atoms with van der Waals surface area (Å²) in [5, 5.41) is 12.4. The van der Waals surface area contributed by atoms with Gasteiger partial charge in [0.2, 0.25) is 0 Å². The topological polar surface area (TPSA) is 69.6 Å². The molecule has 1 heterocycles. The van der Waals surface area contributed by atoms with E-state index in [9.17, 15) is 0 Å². The Labute approximate surface area is 107 Å². The van der Waals surface area contributed by atoms with Crippen molar-refractivity contribution in [1.29, 1.82) is 0 Å². The first kappa shape index (κ1) is 12.7. The second-order valence-corrected chi connectivity index (χ2v) is 4.63. The highest BCUT2D eigenvalue weighted by Gasteiger charge is 2.05. The van der Waals surface area contributed by atoms with Crippen LogP contribution >= 0.6 is 0 Å². The molecule has 2 rings (SSSR count). The van der Waals surface area contributed by atoms with Gasteiger partial charge in [-0.25, -0.2) is 0 Å². The summed E-state index contributed by atoms with van der Waals surface area (Å²) < 4.78 is 0. The molecule has 0 aliphatic heterocycles. The zero-order valence-electron chi connectivity index (χ0n) is 10.9. The lowest BCUT2D eigenvalue weighted by Crippen LogP contribution is -2.02. The summed E-state index contributed by atoms with van der Waals surface area (Å²) >= 11 is 0. The molecule has 5 nitrogen and oxygen atoms in total. The van der Waals surface area contributed by atoms with Crippen LogP contribution < -0.4 is 5.73 Å². The molecule has 0 bridgehead atoms. The molecule has 0 spiro atoms. The largest absolute Gasteiger partial charge is 0.330 e. The first-order chi connectivity index (χ1) is 8.70. The standard InChI is InChI=1S/C13H19N5/c1-10(2)11-5-7-12(8-6-11)18-16-13(15-17-18)4-3-9-14/h5-8,10H,3-4,9,14H2,1-2H3. The number of nitrogens with zero attached hydrogens (tertiary/aromatic N) is 4. The number of nitrogens with two attached hydrogens (primary N) is 1. The normalized spacial score (nSPS) is 11.1. The van der Waals surface area contributed by atoms with Crippen LogP contribution in [-0.2, 0) is 6.42 Å². The van der Waals surface area contributed by atoms with E-state index in [4.69, 9.17) is 5.73 Å². The van der Waals surface area contributed by atoms with Gasteiger partial charge in [-0.15, -0.1) is 15.0 Å². The molecule has 1 aromatic carbocycles. The molecule has 0 aliphatic rings. The number of hydrogen-bond acceptors (Lipinski definition) is 4. The molecule has 2 N–H and O–H groups in total. The van der Waals surface area contributed by atoms with E-state index in [0.717, 1.165) is 24.4 Å². The summed E-state index contributed by atoms with van der Waals surface area (Å²) in [6.45, 7) is 5.00. The number of rotatable bonds is 5. The van der Waals surface area contributed by atoms with Gasteiger partial charge in [0, 0.05) is 6.42 Å². The van der Waals surface area contributed by atoms with Crippen molar-refractivity contribution < 1.29 is 0 Å². The number of benzene rings is 1. The molecule has 2 aromatic rings. The third kappa shape index (κ3) is 2.92. The molecule has 0 radical (unpaired) electrons. The molecule has 0 saturated carbocycles. The minimum atomic E-state index is 0.530. The molecule has 0 unspecified atom stereocenters. The molecule has 0 saturated heterocycles. The fourth-order valence-corrected chi connectivity index (χ4v) is 1.71. The lowest BCUT2D eigenvalue weighted by Gasteiger charge is -2.05. The van der Waals surface area contributed by atoms with Crippen LogP contribution in [0.25, 0.3) is 5.69 Å². The maximum absolute atomic E-state index is 5.46. The molecular formula is C13H19N5. The van der Waals surface area contributed by atoms with E-state index in [1.54, 1.807) is 4.80 Å². The summed E-state index contributed by atoms with van der Waals surface area (Å²) in [6, 6.07) is 8.24. The van der Waals surface area contributed by atoms with E-state index in [-0.39, 0.29) is 0 Å². The van der Waals surface area contributed by atoms with Crippen molar-refractivity contribution in [2.75, 3.05) is 6.54 Å². The second kappa shape index (κ2) is 5.73. The van der Waals surface area contributed by atoms with Crippen molar-refractivity contribution in [2.45, 2.75) is 32.6 Å². The van der Waals surface area contributed by atoms with Gasteiger partial charge in [-0.2, -0.15) is 0 Å². The fourth-order valence-electron chi connectivity index (χ4n) is 1.71. The van der Waals surface area contributed by atoms with Crippen LogP contribution in [0.15, 0.2) is 24.3 Å². The number of hydrogen-bond donors (Lipinski definition) is 1. The molecule has 96 valence electrons. The Morgan fingerprint density at radius 1 is 1.22 bits per heavy atom. The van der Waals surface area contributed by atoms with E-state index in [1.807, 2.05) is 12.1 Å². The van der Waals surface area contributed by atoms with Crippen LogP contribution in [0, 0.1) is 0 Å². The Hall–Kier alpha value is -1.75. The van der Waals surface area contributed by atoms with E-state index < -0.39 is 0 Å². The molecular weight excluding hydrogens is 226 g/mol. The minimum absolute atomic E-state index is 0.530. The molecule has 18 heavy (non-hydrogen) atoms. The van der Waals surface area contributed by atoms with Gasteiger partial charge >= 0.3 is 0 Å². The summed E-state index contributed by atoms with van der Waals surface area (Å²) in [6.07, 6.45) is 1.67. The van der Waals surface area contributed by atoms with E-state index in [2.05, 4.69) is 41.4 Å². The monoisotopic (exact) mass is 245 g/mol. The van der Waals surface area contributed by atoms with Gasteiger partial charge in [0.25, 0.3) is 0 Å². The average Bonchev–Trinajstić information content (AvgIpc) is 2.85. The van der Waals surface area contributed by atoms with Crippen molar-refractivity contribution in [2.24, 2.45) is 5.73 Å². The Balaban J connectivity index is 2.13. The number of aromatic nitrogens is 4. The molecule has 0 aliphatic carbocycles. The minimum Gasteiger partial charge on any atom is -0.330 e. The van der Waals surface area contributed by atoms with E-state index in [1.165, 1.54) is 5.56 Å². The highest BCUT2D eigenvalue weighted by atomic mass is 15.6. The van der Waals surface area contributed by atoms with Gasteiger partial charge in [0.05, 0.1) is 5.69 Å². The van der Waals surface area contributed by atoms with Gasteiger partial charge < -0.3 is 5.73 Å². The van der Waals surface area contributed by atoms with Gasteiger partial charge in [-0.05, 0) is 41.8 Å². The SMILES string of the molecule is CC(C)c1ccc(-n2nnc(CCCN)n2)cc1. The van der Waals surface area contributed by atoms with Gasteiger partial charge in [0.15, 0.2) is 5.82 Å². The van der Waals surface area contributed by atoms with Crippen molar-refractivity contribution >= 4 is 0 Å². The number of tetrazole rings is 1. The van der Waals surface area contributed by atoms with Gasteiger partial charge in [-0.3, -0.25) is 0 Å². The molecule has 0 amide bonds. The maximum Gasteiger partial charge on any atom is 0.175 e. The fraction of sp³-hybridized carbons (Fsp3) is 0.462. The van der Waals surface area contributed by atoms with Crippen LogP contribution in [0.4, 0.5) is 0 Å². The lowest BCUT2D eigenvalue weighted by atomic mass is 10.0. The van der Waals surface area contributed by atoms with Crippen LogP contribution in [-0.4, -0.2) is 26.8 Å². The van der Waals surface area contributed by atoms with Gasteiger partial charge in [-0.1, -0.05) is 26.0 Å². The van der Waals surface area contributed by atoms with Crippen LogP contribution in [0.5, 0.6) is 0 Å². The average molecular weight is 245 g/mol. The van der Waals surface area contributed by atoms with Crippen LogP contribution in [0.3, 0.4) is 0 Å². The van der Waals surface area contributed by atoms with E-state index >= 15 is 0 Å². The van der Waals surface area contributed by atoms with Crippen molar-refractivity contribution in [3.8, 4) is 5.69 Å². The lowest BCUT2D eigenvalue weighted by molar-refractivity contribution is 0.713. The zero-order chi connectivity index (χ0) is 13.0. The Morgan fingerprint density at radius 2 is 1.94 bits per heavy atom. The Kier molecular flexibility index (Phi) is 4.04. The summed E-state index contributed by atoms with van der Waals surface area (Å²) in [5.74, 6) is 1.27. The highest BCUT2D eigenvalue weighted by Crippen LogP contribution is 2.15. The van der Waals surface area contributed by atoms with E-state index in [0.29, 0.717) is 12.5 Å². The molecule has 5 heteroatoms. The highest BCUT2D eigenvalue weighted by molar-refractivity contribution is 5.33. The summed E-state index contributed by atoms with van der Waals surface area (Å²) in [4.78, 5) is 1.57. The quantitative estimate of drug-likeness (QED) is 0.870. The third-order valence-electron chi connectivity index (χ3n) is 2.85. The zero-order valence-corrected chi connectivity index (χ0v) is 10.9. The van der Waals surface area contributed by atoms with Gasteiger partial charge in [0.1, 0.15) is 0 Å². The van der Waals surface area contributed by atoms with Crippen molar-refractivity contribution in [3.05, 3.63) is 35.7 Å².